The zero-order chi connectivity index (χ0) is 16.6. The first-order valence-electron chi connectivity index (χ1n) is 8.70. The van der Waals surface area contributed by atoms with Gasteiger partial charge in [-0.05, 0) is 60.5 Å². The van der Waals surface area contributed by atoms with Gasteiger partial charge in [0.05, 0.1) is 6.10 Å². The van der Waals surface area contributed by atoms with Gasteiger partial charge >= 0.3 is 0 Å². The summed E-state index contributed by atoms with van der Waals surface area (Å²) < 4.78 is 14.2. The first kappa shape index (κ1) is 15.3. The van der Waals surface area contributed by atoms with Crippen molar-refractivity contribution in [3.63, 3.8) is 0 Å². The zero-order valence-electron chi connectivity index (χ0n) is 13.8. The molecule has 4 N–H and O–H groups in total. The summed E-state index contributed by atoms with van der Waals surface area (Å²) in [6.07, 6.45) is 8.12. The van der Waals surface area contributed by atoms with Gasteiger partial charge in [0.25, 0.3) is 0 Å². The summed E-state index contributed by atoms with van der Waals surface area (Å²) in [4.78, 5) is 0. The van der Waals surface area contributed by atoms with Gasteiger partial charge in [-0.25, -0.2) is 4.39 Å². The summed E-state index contributed by atoms with van der Waals surface area (Å²) in [6.45, 7) is 4.30. The molecule has 23 heavy (non-hydrogen) atoms. The zero-order valence-corrected chi connectivity index (χ0v) is 13.8. The maximum Gasteiger partial charge on any atom is 0.119 e. The van der Waals surface area contributed by atoms with Crippen molar-refractivity contribution in [2.24, 2.45) is 40.2 Å². The second kappa shape index (κ2) is 4.62. The van der Waals surface area contributed by atoms with E-state index in [9.17, 15) is 14.6 Å². The summed E-state index contributed by atoms with van der Waals surface area (Å²) in [6, 6.07) is 0. The van der Waals surface area contributed by atoms with Gasteiger partial charge in [-0.15, -0.1) is 0 Å². The molecule has 4 aliphatic rings. The number of nitrogens with two attached hydrogens (primary N) is 1. The molecule has 0 heterocycles. The van der Waals surface area contributed by atoms with E-state index in [1.54, 1.807) is 6.08 Å². The number of fused-ring (bicyclic) bond motifs is 5. The molecular formula is C19H26FNO2. The number of hydrogen-bond acceptors (Lipinski definition) is 3. The minimum absolute atomic E-state index is 0.0695. The Morgan fingerprint density at radius 1 is 1.30 bits per heavy atom. The average Bonchev–Trinajstić information content (AvgIpc) is 2.73. The van der Waals surface area contributed by atoms with Crippen LogP contribution in [0.25, 0.3) is 0 Å². The van der Waals surface area contributed by atoms with Crippen molar-refractivity contribution in [2.45, 2.75) is 45.6 Å². The standard InChI is InChI=1S/C19H26FNO2/c1-18-5-3-11(22)7-10(18)8-15(23)16-12(18)4-6-19(2)13(16)9-14(20)17(19)21/h3,5,7,10,12-13,15-16,22-23H,4,6,8-9,21H2,1-2H3/t10-,12-,13-,15-,16+,18-,19-/m0/s1. The molecule has 3 nitrogen and oxygen atoms in total. The van der Waals surface area contributed by atoms with E-state index in [1.807, 2.05) is 6.08 Å². The third kappa shape index (κ3) is 1.84. The lowest BCUT2D eigenvalue weighted by molar-refractivity contribution is -0.118. The lowest BCUT2D eigenvalue weighted by atomic mass is 9.46. The lowest BCUT2D eigenvalue weighted by Crippen LogP contribution is -2.56. The molecular weight excluding hydrogens is 293 g/mol. The topological polar surface area (TPSA) is 66.5 Å². The van der Waals surface area contributed by atoms with E-state index < -0.39 is 6.10 Å². The largest absolute Gasteiger partial charge is 0.508 e. The highest BCUT2D eigenvalue weighted by molar-refractivity contribution is 5.31. The smallest absolute Gasteiger partial charge is 0.119 e. The Morgan fingerprint density at radius 2 is 2.04 bits per heavy atom. The number of halogens is 1. The van der Waals surface area contributed by atoms with Gasteiger partial charge in [-0.3, -0.25) is 0 Å². The van der Waals surface area contributed by atoms with Crippen LogP contribution in [0.5, 0.6) is 0 Å². The first-order valence-corrected chi connectivity index (χ1v) is 8.70. The van der Waals surface area contributed by atoms with Crippen molar-refractivity contribution in [1.29, 1.82) is 0 Å². The molecule has 0 radical (unpaired) electrons. The molecule has 4 aliphatic carbocycles. The van der Waals surface area contributed by atoms with Crippen molar-refractivity contribution < 1.29 is 14.6 Å². The highest BCUT2D eigenvalue weighted by Crippen LogP contribution is 2.65. The molecule has 2 fully saturated rings. The molecule has 7 atom stereocenters. The molecule has 0 aliphatic heterocycles. The Kier molecular flexibility index (Phi) is 3.07. The van der Waals surface area contributed by atoms with Crippen LogP contribution in [-0.2, 0) is 0 Å². The Labute approximate surface area is 136 Å². The van der Waals surface area contributed by atoms with Crippen LogP contribution in [0.15, 0.2) is 35.5 Å². The van der Waals surface area contributed by atoms with Crippen molar-refractivity contribution in [3.8, 4) is 0 Å². The third-order valence-corrected chi connectivity index (χ3v) is 7.55. The van der Waals surface area contributed by atoms with Crippen LogP contribution < -0.4 is 5.73 Å². The van der Waals surface area contributed by atoms with E-state index in [0.29, 0.717) is 24.5 Å². The third-order valence-electron chi connectivity index (χ3n) is 7.55. The van der Waals surface area contributed by atoms with Gasteiger partial charge in [-0.2, -0.15) is 0 Å². The Balaban J connectivity index is 1.74. The van der Waals surface area contributed by atoms with Crippen LogP contribution in [0.2, 0.25) is 0 Å². The van der Waals surface area contributed by atoms with Gasteiger partial charge < -0.3 is 15.9 Å². The van der Waals surface area contributed by atoms with E-state index in [4.69, 9.17) is 5.73 Å². The number of rotatable bonds is 0. The summed E-state index contributed by atoms with van der Waals surface area (Å²) >= 11 is 0. The van der Waals surface area contributed by atoms with E-state index in [-0.39, 0.29) is 40.2 Å². The van der Waals surface area contributed by atoms with Crippen molar-refractivity contribution in [2.75, 3.05) is 0 Å². The highest BCUT2D eigenvalue weighted by Gasteiger charge is 2.61. The lowest BCUT2D eigenvalue weighted by Gasteiger charge is -2.59. The quantitative estimate of drug-likeness (QED) is 0.639. The van der Waals surface area contributed by atoms with Crippen LogP contribution in [-0.4, -0.2) is 16.3 Å². The van der Waals surface area contributed by atoms with Crippen LogP contribution >= 0.6 is 0 Å². The molecule has 0 aromatic carbocycles. The molecule has 126 valence electrons. The van der Waals surface area contributed by atoms with Crippen LogP contribution in [0.3, 0.4) is 0 Å². The van der Waals surface area contributed by atoms with Crippen LogP contribution in [0, 0.1) is 34.5 Å². The highest BCUT2D eigenvalue weighted by atomic mass is 19.1. The number of aliphatic hydroxyl groups is 2. The van der Waals surface area contributed by atoms with E-state index in [1.165, 1.54) is 0 Å². The molecule has 0 aromatic heterocycles. The second-order valence-corrected chi connectivity index (χ2v) is 8.47. The second-order valence-electron chi connectivity index (χ2n) is 8.47. The molecule has 2 saturated carbocycles. The van der Waals surface area contributed by atoms with Gasteiger partial charge in [0.1, 0.15) is 11.6 Å². The predicted molar refractivity (Wildman–Crippen MR) is 86.8 cm³/mol. The average molecular weight is 319 g/mol. The SMILES string of the molecule is C[C@]12C=CC(O)=C[C@H]1C[C@H](O)[C@@H]1[C@@H]2CC[C@]2(C)C(N)=C(F)C[C@@H]12. The van der Waals surface area contributed by atoms with Crippen LogP contribution in [0.4, 0.5) is 4.39 Å². The Hall–Kier alpha value is -1.29. The molecule has 0 bridgehead atoms. The maximum absolute atomic E-state index is 14.2. The molecule has 0 unspecified atom stereocenters. The van der Waals surface area contributed by atoms with E-state index in [0.717, 1.165) is 12.8 Å². The van der Waals surface area contributed by atoms with Crippen molar-refractivity contribution in [1.82, 2.24) is 0 Å². The number of aliphatic hydroxyl groups excluding tert-OH is 2. The minimum Gasteiger partial charge on any atom is -0.508 e. The monoisotopic (exact) mass is 319 g/mol. The minimum atomic E-state index is -0.461. The summed E-state index contributed by atoms with van der Waals surface area (Å²) in [5, 5.41) is 20.7. The van der Waals surface area contributed by atoms with Gasteiger partial charge in [-0.1, -0.05) is 19.9 Å². The van der Waals surface area contributed by atoms with E-state index in [2.05, 4.69) is 19.9 Å². The maximum atomic E-state index is 14.2. The fraction of sp³-hybridized carbons (Fsp3) is 0.684. The summed E-state index contributed by atoms with van der Waals surface area (Å²) in [7, 11) is 0. The fourth-order valence-corrected chi connectivity index (χ4v) is 6.08. The molecule has 4 rings (SSSR count). The Morgan fingerprint density at radius 3 is 2.78 bits per heavy atom. The predicted octanol–water partition coefficient (Wildman–Crippen LogP) is 3.58. The molecule has 0 spiro atoms. The van der Waals surface area contributed by atoms with Gasteiger partial charge in [0, 0.05) is 17.5 Å². The van der Waals surface area contributed by atoms with E-state index >= 15 is 0 Å². The van der Waals surface area contributed by atoms with Gasteiger partial charge in [0.2, 0.25) is 0 Å². The first-order chi connectivity index (χ1) is 10.8. The fourth-order valence-electron chi connectivity index (χ4n) is 6.08. The number of allylic oxidation sites excluding steroid dienone is 5. The molecule has 4 heteroatoms. The number of hydrogen-bond donors (Lipinski definition) is 3. The van der Waals surface area contributed by atoms with Crippen LogP contribution in [0.1, 0.15) is 39.5 Å². The van der Waals surface area contributed by atoms with Gasteiger partial charge in [0.15, 0.2) is 0 Å². The Bertz CT molecular complexity index is 639. The normalized spacial score (nSPS) is 51.8. The molecule has 0 saturated heterocycles. The summed E-state index contributed by atoms with van der Waals surface area (Å²) in [5.41, 5.74) is 6.11. The van der Waals surface area contributed by atoms with Crippen molar-refractivity contribution >= 4 is 0 Å². The molecule has 0 amide bonds. The summed E-state index contributed by atoms with van der Waals surface area (Å²) in [5.74, 6) is 0.714. The van der Waals surface area contributed by atoms with Crippen molar-refractivity contribution in [3.05, 3.63) is 35.5 Å². The molecule has 0 aromatic rings.